The van der Waals surface area contributed by atoms with E-state index in [1.165, 1.54) is 11.3 Å². The van der Waals surface area contributed by atoms with E-state index in [0.717, 1.165) is 11.4 Å². The molecule has 2 aromatic heterocycles. The molecule has 0 saturated carbocycles. The zero-order valence-electron chi connectivity index (χ0n) is 8.78. The predicted octanol–water partition coefficient (Wildman–Crippen LogP) is 2.96. The van der Waals surface area contributed by atoms with Crippen molar-refractivity contribution in [3.05, 3.63) is 33.6 Å². The first-order chi connectivity index (χ1) is 7.61. The Morgan fingerprint density at radius 3 is 2.56 bits per heavy atom. The SMILES string of the molecule is Cc1ccc(C)n1Nc1nc(Cl)c(C#N)s1. The Morgan fingerprint density at radius 1 is 1.44 bits per heavy atom. The lowest BCUT2D eigenvalue weighted by Crippen LogP contribution is -2.11. The Balaban J connectivity index is 2.31. The number of hydrogen-bond acceptors (Lipinski definition) is 4. The first-order valence-electron chi connectivity index (χ1n) is 4.60. The minimum atomic E-state index is 0.248. The molecule has 6 heteroatoms. The van der Waals surface area contributed by atoms with Gasteiger partial charge < -0.3 is 0 Å². The Bertz CT molecular complexity index is 544. The van der Waals surface area contributed by atoms with E-state index in [1.807, 2.05) is 36.7 Å². The summed E-state index contributed by atoms with van der Waals surface area (Å²) in [6, 6.07) is 6.00. The molecule has 2 heterocycles. The van der Waals surface area contributed by atoms with Gasteiger partial charge in [0.15, 0.2) is 5.15 Å². The second-order valence-corrected chi connectivity index (χ2v) is 4.67. The van der Waals surface area contributed by atoms with Crippen LogP contribution in [0.4, 0.5) is 5.13 Å². The third-order valence-electron chi connectivity index (χ3n) is 2.17. The minimum absolute atomic E-state index is 0.248. The lowest BCUT2D eigenvalue weighted by molar-refractivity contribution is 0.878. The summed E-state index contributed by atoms with van der Waals surface area (Å²) in [5, 5.41) is 9.63. The van der Waals surface area contributed by atoms with Gasteiger partial charge in [0.05, 0.1) is 0 Å². The van der Waals surface area contributed by atoms with Gasteiger partial charge in [-0.15, -0.1) is 0 Å². The number of aryl methyl sites for hydroxylation is 2. The number of nitrogens with zero attached hydrogens (tertiary/aromatic N) is 3. The Morgan fingerprint density at radius 2 is 2.06 bits per heavy atom. The highest BCUT2D eigenvalue weighted by molar-refractivity contribution is 7.16. The van der Waals surface area contributed by atoms with Gasteiger partial charge in [0.2, 0.25) is 5.13 Å². The second kappa shape index (κ2) is 4.16. The summed E-state index contributed by atoms with van der Waals surface area (Å²) < 4.78 is 1.90. The van der Waals surface area contributed by atoms with E-state index < -0.39 is 0 Å². The fourth-order valence-corrected chi connectivity index (χ4v) is 2.29. The number of nitrogens with one attached hydrogen (secondary N) is 1. The molecule has 0 saturated heterocycles. The zero-order valence-corrected chi connectivity index (χ0v) is 10.4. The maximum atomic E-state index is 8.77. The number of anilines is 1. The molecule has 0 aliphatic rings. The highest BCUT2D eigenvalue weighted by Gasteiger charge is 2.09. The van der Waals surface area contributed by atoms with Crippen LogP contribution in [0.3, 0.4) is 0 Å². The fraction of sp³-hybridized carbons (Fsp3) is 0.200. The van der Waals surface area contributed by atoms with Gasteiger partial charge >= 0.3 is 0 Å². The van der Waals surface area contributed by atoms with E-state index in [1.54, 1.807) is 0 Å². The van der Waals surface area contributed by atoms with Crippen molar-refractivity contribution in [2.45, 2.75) is 13.8 Å². The van der Waals surface area contributed by atoms with Crippen molar-refractivity contribution in [2.24, 2.45) is 0 Å². The lowest BCUT2D eigenvalue weighted by Gasteiger charge is -2.08. The Labute approximate surface area is 102 Å². The molecule has 16 heavy (non-hydrogen) atoms. The molecule has 0 spiro atoms. The van der Waals surface area contributed by atoms with Gasteiger partial charge in [-0.2, -0.15) is 5.26 Å². The summed E-state index contributed by atoms with van der Waals surface area (Å²) >= 11 is 7.03. The van der Waals surface area contributed by atoms with Crippen molar-refractivity contribution in [2.75, 3.05) is 5.43 Å². The van der Waals surface area contributed by atoms with E-state index in [-0.39, 0.29) is 5.15 Å². The maximum absolute atomic E-state index is 8.77. The van der Waals surface area contributed by atoms with Gasteiger partial charge in [-0.25, -0.2) is 4.98 Å². The number of rotatable bonds is 2. The van der Waals surface area contributed by atoms with Gasteiger partial charge in [0.25, 0.3) is 0 Å². The van der Waals surface area contributed by atoms with Crippen molar-refractivity contribution in [1.29, 1.82) is 5.26 Å². The Kier molecular flexibility index (Phi) is 2.86. The monoisotopic (exact) mass is 252 g/mol. The van der Waals surface area contributed by atoms with Crippen LogP contribution in [-0.2, 0) is 0 Å². The van der Waals surface area contributed by atoms with E-state index in [9.17, 15) is 0 Å². The van der Waals surface area contributed by atoms with Crippen molar-refractivity contribution in [3.63, 3.8) is 0 Å². The summed E-state index contributed by atoms with van der Waals surface area (Å²) in [4.78, 5) is 4.49. The summed E-state index contributed by atoms with van der Waals surface area (Å²) in [5.41, 5.74) is 5.25. The highest BCUT2D eigenvalue weighted by atomic mass is 35.5. The van der Waals surface area contributed by atoms with E-state index in [2.05, 4.69) is 10.4 Å². The van der Waals surface area contributed by atoms with Crippen molar-refractivity contribution < 1.29 is 0 Å². The van der Waals surface area contributed by atoms with Crippen LogP contribution in [-0.4, -0.2) is 9.66 Å². The van der Waals surface area contributed by atoms with Crippen LogP contribution in [0.15, 0.2) is 12.1 Å². The highest BCUT2D eigenvalue weighted by Crippen LogP contribution is 2.26. The van der Waals surface area contributed by atoms with Crippen molar-refractivity contribution in [1.82, 2.24) is 9.66 Å². The summed E-state index contributed by atoms with van der Waals surface area (Å²) in [6.07, 6.45) is 0. The van der Waals surface area contributed by atoms with Crippen LogP contribution >= 0.6 is 22.9 Å². The summed E-state index contributed by atoms with van der Waals surface area (Å²) in [5.74, 6) is 0. The van der Waals surface area contributed by atoms with Crippen LogP contribution in [0.25, 0.3) is 0 Å². The zero-order chi connectivity index (χ0) is 11.7. The van der Waals surface area contributed by atoms with Crippen LogP contribution in [0.1, 0.15) is 16.3 Å². The van der Waals surface area contributed by atoms with Gasteiger partial charge in [0.1, 0.15) is 10.9 Å². The molecular formula is C10H9ClN4S. The minimum Gasteiger partial charge on any atom is -0.269 e. The smallest absolute Gasteiger partial charge is 0.204 e. The standard InChI is InChI=1S/C10H9ClN4S/c1-6-3-4-7(2)15(6)14-10-13-9(11)8(5-12)16-10/h3-4H,1-2H3,(H,13,14). The molecule has 0 unspecified atom stereocenters. The van der Waals surface area contributed by atoms with E-state index in [0.29, 0.717) is 10.0 Å². The number of aromatic nitrogens is 2. The van der Waals surface area contributed by atoms with Gasteiger partial charge in [0, 0.05) is 11.4 Å². The first-order valence-corrected chi connectivity index (χ1v) is 5.79. The molecule has 2 rings (SSSR count). The molecule has 0 aromatic carbocycles. The molecule has 0 radical (unpaired) electrons. The molecule has 0 atom stereocenters. The quantitative estimate of drug-likeness (QED) is 0.894. The number of thiazole rings is 1. The fourth-order valence-electron chi connectivity index (χ4n) is 1.36. The van der Waals surface area contributed by atoms with Crippen LogP contribution in [0.2, 0.25) is 5.15 Å². The van der Waals surface area contributed by atoms with Crippen LogP contribution in [0.5, 0.6) is 0 Å². The number of halogens is 1. The van der Waals surface area contributed by atoms with Gasteiger partial charge in [-0.1, -0.05) is 22.9 Å². The molecule has 2 aromatic rings. The molecule has 0 fully saturated rings. The molecule has 0 amide bonds. The molecular weight excluding hydrogens is 244 g/mol. The van der Waals surface area contributed by atoms with Crippen LogP contribution in [0, 0.1) is 25.2 Å². The average molecular weight is 253 g/mol. The van der Waals surface area contributed by atoms with Gasteiger partial charge in [-0.05, 0) is 26.0 Å². The van der Waals surface area contributed by atoms with E-state index >= 15 is 0 Å². The lowest BCUT2D eigenvalue weighted by atomic mass is 10.5. The molecule has 0 aliphatic carbocycles. The van der Waals surface area contributed by atoms with E-state index in [4.69, 9.17) is 16.9 Å². The first kappa shape index (κ1) is 11.0. The van der Waals surface area contributed by atoms with Gasteiger partial charge in [-0.3, -0.25) is 10.1 Å². The molecule has 1 N–H and O–H groups in total. The molecule has 82 valence electrons. The second-order valence-electron chi connectivity index (χ2n) is 3.31. The van der Waals surface area contributed by atoms with Crippen molar-refractivity contribution >= 4 is 28.1 Å². The third-order valence-corrected chi connectivity index (χ3v) is 3.42. The normalized spacial score (nSPS) is 10.1. The van der Waals surface area contributed by atoms with Crippen LogP contribution < -0.4 is 5.43 Å². The summed E-state index contributed by atoms with van der Waals surface area (Å²) in [6.45, 7) is 3.97. The third kappa shape index (κ3) is 1.90. The molecule has 4 nitrogen and oxygen atoms in total. The predicted molar refractivity (Wildman–Crippen MR) is 64.8 cm³/mol. The number of nitriles is 1. The molecule has 0 bridgehead atoms. The number of hydrogen-bond donors (Lipinski definition) is 1. The summed E-state index contributed by atoms with van der Waals surface area (Å²) in [7, 11) is 0. The van der Waals surface area contributed by atoms with Crippen molar-refractivity contribution in [3.8, 4) is 6.07 Å². The Hall–Kier alpha value is -1.51. The topological polar surface area (TPSA) is 53.6 Å². The molecule has 0 aliphatic heterocycles. The average Bonchev–Trinajstić information content (AvgIpc) is 2.76. The largest absolute Gasteiger partial charge is 0.269 e. The maximum Gasteiger partial charge on any atom is 0.204 e.